The topological polar surface area (TPSA) is 82.4 Å². The number of piperidine rings is 1. The molecule has 1 heterocycles. The Morgan fingerprint density at radius 2 is 1.92 bits per heavy atom. The van der Waals surface area contributed by atoms with E-state index in [0.717, 1.165) is 25.8 Å². The highest BCUT2D eigenvalue weighted by atomic mass is 16.5. The van der Waals surface area contributed by atoms with Crippen molar-refractivity contribution < 1.29 is 14.3 Å². The molecule has 0 aliphatic carbocycles. The number of unbranched alkanes of at least 4 members (excludes halogenated alkanes) is 2. The maximum Gasteiger partial charge on any atom is 0.260 e. The molecule has 1 fully saturated rings. The summed E-state index contributed by atoms with van der Waals surface area (Å²) in [6.07, 6.45) is 4.68. The largest absolute Gasteiger partial charge is 0.484 e. The van der Waals surface area contributed by atoms with Crippen LogP contribution in [0.3, 0.4) is 0 Å². The number of nitrogens with one attached hydrogen (secondary N) is 1. The maximum atomic E-state index is 12.3. The smallest absolute Gasteiger partial charge is 0.260 e. The van der Waals surface area contributed by atoms with Gasteiger partial charge in [0.05, 0.1) is 11.6 Å². The Bertz CT molecular complexity index is 629. The van der Waals surface area contributed by atoms with Gasteiger partial charge in [0.2, 0.25) is 5.91 Å². The molecule has 0 bridgehead atoms. The number of nitriles is 1. The monoisotopic (exact) mass is 357 g/mol. The second kappa shape index (κ2) is 10.4. The van der Waals surface area contributed by atoms with Gasteiger partial charge in [-0.25, -0.2) is 0 Å². The van der Waals surface area contributed by atoms with Crippen molar-refractivity contribution in [2.75, 3.05) is 26.2 Å². The molecule has 0 radical (unpaired) electrons. The fourth-order valence-electron chi connectivity index (χ4n) is 2.98. The number of rotatable bonds is 8. The van der Waals surface area contributed by atoms with E-state index in [4.69, 9.17) is 10.00 Å². The van der Waals surface area contributed by atoms with E-state index in [1.54, 1.807) is 29.2 Å². The molecule has 1 aromatic carbocycles. The predicted octanol–water partition coefficient (Wildman–Crippen LogP) is 2.48. The summed E-state index contributed by atoms with van der Waals surface area (Å²) in [5.41, 5.74) is 0.554. The number of benzene rings is 1. The molecule has 1 aliphatic heterocycles. The summed E-state index contributed by atoms with van der Waals surface area (Å²) in [4.78, 5) is 26.2. The number of carbonyl (C=O) groups excluding carboxylic acids is 2. The van der Waals surface area contributed by atoms with E-state index in [2.05, 4.69) is 12.2 Å². The Morgan fingerprint density at radius 3 is 2.54 bits per heavy atom. The molecule has 6 heteroatoms. The van der Waals surface area contributed by atoms with Crippen LogP contribution >= 0.6 is 0 Å². The molecule has 1 aliphatic rings. The molecule has 0 unspecified atom stereocenters. The van der Waals surface area contributed by atoms with Crippen LogP contribution in [0.25, 0.3) is 0 Å². The highest BCUT2D eigenvalue weighted by Gasteiger charge is 2.27. The summed E-state index contributed by atoms with van der Waals surface area (Å²) in [5.74, 6) is 0.608. The highest BCUT2D eigenvalue weighted by Crippen LogP contribution is 2.18. The Hall–Kier alpha value is -2.55. The number of nitrogens with zero attached hydrogens (tertiary/aromatic N) is 2. The van der Waals surface area contributed by atoms with Crippen molar-refractivity contribution in [2.45, 2.75) is 39.0 Å². The van der Waals surface area contributed by atoms with Crippen molar-refractivity contribution in [3.8, 4) is 11.8 Å². The molecule has 0 saturated carbocycles. The first-order valence-electron chi connectivity index (χ1n) is 9.32. The average Bonchev–Trinajstić information content (AvgIpc) is 2.69. The fourth-order valence-corrected chi connectivity index (χ4v) is 2.98. The van der Waals surface area contributed by atoms with Gasteiger partial charge in [-0.15, -0.1) is 0 Å². The van der Waals surface area contributed by atoms with E-state index in [9.17, 15) is 9.59 Å². The Morgan fingerprint density at radius 1 is 1.23 bits per heavy atom. The van der Waals surface area contributed by atoms with Crippen molar-refractivity contribution in [1.82, 2.24) is 10.2 Å². The molecule has 1 N–H and O–H groups in total. The minimum atomic E-state index is -0.0730. The molecule has 6 nitrogen and oxygen atoms in total. The van der Waals surface area contributed by atoms with Gasteiger partial charge in [0.1, 0.15) is 5.75 Å². The van der Waals surface area contributed by atoms with Gasteiger partial charge in [-0.05, 0) is 43.5 Å². The van der Waals surface area contributed by atoms with Crippen LogP contribution in [0.2, 0.25) is 0 Å². The van der Waals surface area contributed by atoms with Crippen molar-refractivity contribution in [1.29, 1.82) is 5.26 Å². The molecule has 2 amide bonds. The van der Waals surface area contributed by atoms with Gasteiger partial charge in [0, 0.05) is 25.6 Å². The van der Waals surface area contributed by atoms with Crippen LogP contribution in [0.5, 0.6) is 5.75 Å². The SMILES string of the molecule is CCCCCNC(=O)C1CCN(C(=O)COc2ccc(C#N)cc2)CC1. The van der Waals surface area contributed by atoms with E-state index < -0.39 is 0 Å². The zero-order valence-corrected chi connectivity index (χ0v) is 15.4. The molecular formula is C20H27N3O3. The van der Waals surface area contributed by atoms with Crippen LogP contribution in [0.1, 0.15) is 44.6 Å². The number of likely N-dealkylation sites (tertiary alicyclic amines) is 1. The van der Waals surface area contributed by atoms with Crippen LogP contribution in [0.15, 0.2) is 24.3 Å². The van der Waals surface area contributed by atoms with Gasteiger partial charge >= 0.3 is 0 Å². The third-order valence-corrected chi connectivity index (χ3v) is 4.64. The van der Waals surface area contributed by atoms with Crippen molar-refractivity contribution >= 4 is 11.8 Å². The molecule has 140 valence electrons. The second-order valence-corrected chi connectivity index (χ2v) is 6.58. The summed E-state index contributed by atoms with van der Waals surface area (Å²) in [6.45, 7) is 4.02. The summed E-state index contributed by atoms with van der Waals surface area (Å²) >= 11 is 0. The first-order chi connectivity index (χ1) is 12.6. The highest BCUT2D eigenvalue weighted by molar-refractivity contribution is 5.80. The van der Waals surface area contributed by atoms with Crippen LogP contribution in [-0.4, -0.2) is 43.0 Å². The Balaban J connectivity index is 1.68. The number of hydrogen-bond acceptors (Lipinski definition) is 4. The maximum absolute atomic E-state index is 12.3. The molecule has 0 aromatic heterocycles. The van der Waals surface area contributed by atoms with E-state index >= 15 is 0 Å². The van der Waals surface area contributed by atoms with Crippen LogP contribution < -0.4 is 10.1 Å². The Kier molecular flexibility index (Phi) is 7.94. The van der Waals surface area contributed by atoms with Gasteiger partial charge < -0.3 is 15.0 Å². The van der Waals surface area contributed by atoms with E-state index in [1.165, 1.54) is 0 Å². The molecule has 2 rings (SSSR count). The minimum absolute atomic E-state index is 0.000112. The molecular weight excluding hydrogens is 330 g/mol. The minimum Gasteiger partial charge on any atom is -0.484 e. The lowest BCUT2D eigenvalue weighted by Crippen LogP contribution is -2.44. The second-order valence-electron chi connectivity index (χ2n) is 6.58. The zero-order chi connectivity index (χ0) is 18.8. The van der Waals surface area contributed by atoms with Crippen LogP contribution in [0.4, 0.5) is 0 Å². The molecule has 1 aromatic rings. The fraction of sp³-hybridized carbons (Fsp3) is 0.550. The lowest BCUT2D eigenvalue weighted by molar-refractivity contribution is -0.137. The number of carbonyl (C=O) groups is 2. The summed E-state index contributed by atoms with van der Waals surface area (Å²) in [7, 11) is 0. The van der Waals surface area contributed by atoms with Crippen LogP contribution in [-0.2, 0) is 9.59 Å². The molecule has 26 heavy (non-hydrogen) atoms. The number of amides is 2. The van der Waals surface area contributed by atoms with Gasteiger partial charge in [-0.2, -0.15) is 5.26 Å². The summed E-state index contributed by atoms with van der Waals surface area (Å²) in [6, 6.07) is 8.72. The van der Waals surface area contributed by atoms with Crippen molar-refractivity contribution in [3.63, 3.8) is 0 Å². The average molecular weight is 357 g/mol. The lowest BCUT2D eigenvalue weighted by atomic mass is 9.96. The lowest BCUT2D eigenvalue weighted by Gasteiger charge is -2.31. The predicted molar refractivity (Wildman–Crippen MR) is 98.5 cm³/mol. The summed E-state index contributed by atoms with van der Waals surface area (Å²) < 4.78 is 5.49. The quantitative estimate of drug-likeness (QED) is 0.725. The van der Waals surface area contributed by atoms with E-state index in [-0.39, 0.29) is 24.3 Å². The van der Waals surface area contributed by atoms with Gasteiger partial charge in [-0.3, -0.25) is 9.59 Å². The standard InChI is InChI=1S/C20H27N3O3/c1-2-3-4-11-22-20(25)17-9-12-23(13-10-17)19(24)15-26-18-7-5-16(14-21)6-8-18/h5-8,17H,2-4,9-13,15H2,1H3,(H,22,25). The zero-order valence-electron chi connectivity index (χ0n) is 15.4. The van der Waals surface area contributed by atoms with Gasteiger partial charge in [0.25, 0.3) is 5.91 Å². The number of ether oxygens (including phenoxy) is 1. The van der Waals surface area contributed by atoms with Gasteiger partial charge in [-0.1, -0.05) is 19.8 Å². The van der Waals surface area contributed by atoms with Crippen molar-refractivity contribution in [2.24, 2.45) is 5.92 Å². The molecule has 1 saturated heterocycles. The van der Waals surface area contributed by atoms with E-state index in [1.807, 2.05) is 6.07 Å². The third-order valence-electron chi connectivity index (χ3n) is 4.64. The van der Waals surface area contributed by atoms with Gasteiger partial charge in [0.15, 0.2) is 6.61 Å². The molecule has 0 spiro atoms. The van der Waals surface area contributed by atoms with Crippen LogP contribution in [0, 0.1) is 17.2 Å². The third kappa shape index (κ3) is 6.07. The normalized spacial score (nSPS) is 14.5. The Labute approximate surface area is 155 Å². The molecule has 0 atom stereocenters. The first kappa shape index (κ1) is 19.8. The van der Waals surface area contributed by atoms with E-state index in [0.29, 0.717) is 37.2 Å². The summed E-state index contributed by atoms with van der Waals surface area (Å²) in [5, 5.41) is 11.8. The number of hydrogen-bond donors (Lipinski definition) is 1. The van der Waals surface area contributed by atoms with Crippen molar-refractivity contribution in [3.05, 3.63) is 29.8 Å². The first-order valence-corrected chi connectivity index (χ1v) is 9.32.